The molecule has 0 saturated heterocycles. The molecule has 1 atom stereocenters. The van der Waals surface area contributed by atoms with E-state index in [1.807, 2.05) is 77.7 Å². The molecular weight excluding hydrogens is 582 g/mol. The minimum Gasteiger partial charge on any atom is -0.457 e. The van der Waals surface area contributed by atoms with E-state index in [-0.39, 0.29) is 17.6 Å². The fourth-order valence-corrected chi connectivity index (χ4v) is 6.02. The van der Waals surface area contributed by atoms with Crippen molar-refractivity contribution >= 4 is 46.9 Å². The van der Waals surface area contributed by atoms with Gasteiger partial charge in [0, 0.05) is 39.5 Å². The standard InChI is InChI=1S/C37H31N3O4S/c1-25-22-28-14-8-9-15-33(28)40(25)35(41)24-45-31-19-16-29(17-20-31)38-37(43)32(39-36(42)27-12-6-3-7-13-27)23-30-18-21-34(44-30)26-10-4-2-5-11-26/h2-21,23,25H,22,24H2,1H3,(H,38,43)(H,39,42)/b32-23+/t25-/m0/s1. The van der Waals surface area contributed by atoms with Crippen LogP contribution in [0.15, 0.2) is 136 Å². The number of rotatable bonds is 9. The summed E-state index contributed by atoms with van der Waals surface area (Å²) in [5, 5.41) is 5.60. The molecule has 2 heterocycles. The number of furan rings is 1. The van der Waals surface area contributed by atoms with Crippen LogP contribution in [0.1, 0.15) is 28.6 Å². The zero-order chi connectivity index (χ0) is 31.2. The van der Waals surface area contributed by atoms with Gasteiger partial charge in [-0.05, 0) is 73.5 Å². The zero-order valence-corrected chi connectivity index (χ0v) is 25.4. The number of nitrogens with zero attached hydrogens (tertiary/aromatic N) is 1. The highest BCUT2D eigenvalue weighted by Gasteiger charge is 2.30. The molecule has 1 aromatic heterocycles. The molecule has 0 saturated carbocycles. The van der Waals surface area contributed by atoms with Gasteiger partial charge in [0.1, 0.15) is 17.2 Å². The first-order valence-electron chi connectivity index (χ1n) is 14.6. The molecule has 3 amide bonds. The van der Waals surface area contributed by atoms with Gasteiger partial charge < -0.3 is 20.0 Å². The van der Waals surface area contributed by atoms with Crippen molar-refractivity contribution in [2.45, 2.75) is 24.3 Å². The van der Waals surface area contributed by atoms with E-state index in [1.54, 1.807) is 42.5 Å². The lowest BCUT2D eigenvalue weighted by Crippen LogP contribution is -2.36. The van der Waals surface area contributed by atoms with Crippen LogP contribution in [0, 0.1) is 0 Å². The van der Waals surface area contributed by atoms with Gasteiger partial charge in [-0.3, -0.25) is 14.4 Å². The van der Waals surface area contributed by atoms with Crippen molar-refractivity contribution < 1.29 is 18.8 Å². The predicted molar refractivity (Wildman–Crippen MR) is 179 cm³/mol. The molecule has 7 nitrogen and oxygen atoms in total. The summed E-state index contributed by atoms with van der Waals surface area (Å²) in [6, 6.07) is 37.3. The minimum absolute atomic E-state index is 0.0295. The van der Waals surface area contributed by atoms with Crippen LogP contribution in [-0.2, 0) is 16.0 Å². The minimum atomic E-state index is -0.505. The van der Waals surface area contributed by atoms with Crippen LogP contribution in [0.5, 0.6) is 0 Å². The highest BCUT2D eigenvalue weighted by molar-refractivity contribution is 8.00. The molecule has 0 unspecified atom stereocenters. The molecule has 1 aliphatic rings. The van der Waals surface area contributed by atoms with Crippen molar-refractivity contribution in [3.8, 4) is 11.3 Å². The Labute approximate surface area is 266 Å². The molecule has 224 valence electrons. The van der Waals surface area contributed by atoms with Crippen molar-refractivity contribution in [3.63, 3.8) is 0 Å². The second-order valence-corrected chi connectivity index (χ2v) is 11.7. The monoisotopic (exact) mass is 613 g/mol. The van der Waals surface area contributed by atoms with Gasteiger partial charge in [-0.1, -0.05) is 66.7 Å². The van der Waals surface area contributed by atoms with E-state index in [1.165, 1.54) is 23.4 Å². The lowest BCUT2D eigenvalue weighted by atomic mass is 10.1. The van der Waals surface area contributed by atoms with E-state index in [0.29, 0.717) is 28.5 Å². The van der Waals surface area contributed by atoms with Gasteiger partial charge in [0.2, 0.25) is 5.91 Å². The number of para-hydroxylation sites is 1. The first-order valence-corrected chi connectivity index (χ1v) is 15.6. The molecule has 4 aromatic carbocycles. The summed E-state index contributed by atoms with van der Waals surface area (Å²) in [5.74, 6) is 0.501. The SMILES string of the molecule is C[C@H]1Cc2ccccc2N1C(=O)CSc1ccc(NC(=O)/C(=C\c2ccc(-c3ccccc3)o2)NC(=O)c2ccccc2)cc1. The number of hydrogen-bond donors (Lipinski definition) is 2. The van der Waals surface area contributed by atoms with Gasteiger partial charge in [-0.15, -0.1) is 11.8 Å². The highest BCUT2D eigenvalue weighted by atomic mass is 32.2. The molecule has 0 bridgehead atoms. The molecule has 2 N–H and O–H groups in total. The number of benzene rings is 4. The van der Waals surface area contributed by atoms with E-state index in [4.69, 9.17) is 4.42 Å². The summed E-state index contributed by atoms with van der Waals surface area (Å²) in [5.41, 5.74) is 4.08. The summed E-state index contributed by atoms with van der Waals surface area (Å²) in [7, 11) is 0. The van der Waals surface area contributed by atoms with E-state index < -0.39 is 11.8 Å². The van der Waals surface area contributed by atoms with Gasteiger partial charge >= 0.3 is 0 Å². The number of carbonyl (C=O) groups excluding carboxylic acids is 3. The van der Waals surface area contributed by atoms with Crippen molar-refractivity contribution in [2.24, 2.45) is 0 Å². The van der Waals surface area contributed by atoms with Crippen LogP contribution in [0.25, 0.3) is 17.4 Å². The Morgan fingerprint density at radius 1 is 0.844 bits per heavy atom. The van der Waals surface area contributed by atoms with Crippen molar-refractivity contribution in [3.05, 3.63) is 144 Å². The van der Waals surface area contributed by atoms with E-state index >= 15 is 0 Å². The molecule has 5 aromatic rings. The Morgan fingerprint density at radius 2 is 1.53 bits per heavy atom. The fourth-order valence-electron chi connectivity index (χ4n) is 5.27. The lowest BCUT2D eigenvalue weighted by Gasteiger charge is -2.22. The maximum absolute atomic E-state index is 13.4. The molecule has 0 spiro atoms. The van der Waals surface area contributed by atoms with E-state index in [9.17, 15) is 14.4 Å². The normalized spacial score (nSPS) is 14.1. The Morgan fingerprint density at radius 3 is 2.29 bits per heavy atom. The largest absolute Gasteiger partial charge is 0.457 e. The Hall–Kier alpha value is -5.34. The molecule has 8 heteroatoms. The second-order valence-electron chi connectivity index (χ2n) is 10.7. The molecule has 45 heavy (non-hydrogen) atoms. The Bertz CT molecular complexity index is 1850. The highest BCUT2D eigenvalue weighted by Crippen LogP contribution is 2.33. The summed E-state index contributed by atoms with van der Waals surface area (Å²) in [6.07, 6.45) is 2.37. The van der Waals surface area contributed by atoms with Crippen molar-refractivity contribution in [2.75, 3.05) is 16.0 Å². The number of carbonyl (C=O) groups is 3. The van der Waals surface area contributed by atoms with Crippen LogP contribution >= 0.6 is 11.8 Å². The number of nitrogens with one attached hydrogen (secondary N) is 2. The zero-order valence-electron chi connectivity index (χ0n) is 24.6. The van der Waals surface area contributed by atoms with Crippen LogP contribution in [0.2, 0.25) is 0 Å². The van der Waals surface area contributed by atoms with Gasteiger partial charge in [0.15, 0.2) is 0 Å². The first-order chi connectivity index (χ1) is 21.9. The third-order valence-corrected chi connectivity index (χ3v) is 8.45. The number of thioether (sulfide) groups is 1. The van der Waals surface area contributed by atoms with Gasteiger partial charge in [-0.2, -0.15) is 0 Å². The molecule has 0 aliphatic carbocycles. The average Bonchev–Trinajstić information content (AvgIpc) is 3.68. The third-order valence-electron chi connectivity index (χ3n) is 7.45. The molecule has 6 rings (SSSR count). The summed E-state index contributed by atoms with van der Waals surface area (Å²) < 4.78 is 5.97. The number of fused-ring (bicyclic) bond motifs is 1. The van der Waals surface area contributed by atoms with Crippen LogP contribution in [-0.4, -0.2) is 29.5 Å². The first kappa shape index (κ1) is 29.7. The van der Waals surface area contributed by atoms with Crippen LogP contribution in [0.3, 0.4) is 0 Å². The topological polar surface area (TPSA) is 91.7 Å². The molecule has 1 aliphatic heterocycles. The van der Waals surface area contributed by atoms with Gasteiger partial charge in [0.25, 0.3) is 11.8 Å². The second kappa shape index (κ2) is 13.5. The van der Waals surface area contributed by atoms with Crippen molar-refractivity contribution in [1.29, 1.82) is 0 Å². The maximum atomic E-state index is 13.4. The molecule has 0 radical (unpaired) electrons. The van der Waals surface area contributed by atoms with Gasteiger partial charge in [0.05, 0.1) is 5.75 Å². The van der Waals surface area contributed by atoms with Crippen LogP contribution < -0.4 is 15.5 Å². The fraction of sp³-hybridized carbons (Fsp3) is 0.108. The van der Waals surface area contributed by atoms with E-state index in [0.717, 1.165) is 22.6 Å². The smallest absolute Gasteiger partial charge is 0.272 e. The third kappa shape index (κ3) is 7.08. The van der Waals surface area contributed by atoms with Gasteiger partial charge in [-0.25, -0.2) is 0 Å². The molecule has 0 fully saturated rings. The number of hydrogen-bond acceptors (Lipinski definition) is 5. The summed E-state index contributed by atoms with van der Waals surface area (Å²) >= 11 is 1.45. The van der Waals surface area contributed by atoms with Crippen LogP contribution in [0.4, 0.5) is 11.4 Å². The Kier molecular flexibility index (Phi) is 8.94. The average molecular weight is 614 g/mol. The van der Waals surface area contributed by atoms with E-state index in [2.05, 4.69) is 23.6 Å². The quantitative estimate of drug-likeness (QED) is 0.133. The summed E-state index contributed by atoms with van der Waals surface area (Å²) in [6.45, 7) is 2.07. The summed E-state index contributed by atoms with van der Waals surface area (Å²) in [4.78, 5) is 42.3. The number of amides is 3. The lowest BCUT2D eigenvalue weighted by molar-refractivity contribution is -0.116. The Balaban J connectivity index is 1.14. The maximum Gasteiger partial charge on any atom is 0.272 e. The van der Waals surface area contributed by atoms with Crippen molar-refractivity contribution in [1.82, 2.24) is 5.32 Å². The predicted octanol–water partition coefficient (Wildman–Crippen LogP) is 7.43. The number of anilines is 2. The molecular formula is C37H31N3O4S.